The van der Waals surface area contributed by atoms with Gasteiger partial charge < -0.3 is 10.1 Å². The van der Waals surface area contributed by atoms with E-state index in [1.807, 2.05) is 0 Å². The number of ether oxygens (including phenoxy) is 1. The van der Waals surface area contributed by atoms with Crippen molar-refractivity contribution in [3.8, 4) is 0 Å². The summed E-state index contributed by atoms with van der Waals surface area (Å²) in [5, 5.41) is 3.46. The number of nitrogens with one attached hydrogen (secondary N) is 1. The molecule has 0 saturated carbocycles. The summed E-state index contributed by atoms with van der Waals surface area (Å²) in [6.07, 6.45) is 5.21. The molecular formula is C8H18ClNO. The van der Waals surface area contributed by atoms with Gasteiger partial charge in [-0.15, -0.1) is 12.4 Å². The molecule has 1 rings (SSSR count). The van der Waals surface area contributed by atoms with E-state index in [0.29, 0.717) is 0 Å². The molecule has 1 aliphatic heterocycles. The number of methoxy groups -OCH3 is 1. The van der Waals surface area contributed by atoms with Gasteiger partial charge in [0, 0.05) is 19.8 Å². The minimum Gasteiger partial charge on any atom is -0.385 e. The fourth-order valence-corrected chi connectivity index (χ4v) is 1.48. The van der Waals surface area contributed by atoms with Crippen LogP contribution >= 0.6 is 12.4 Å². The van der Waals surface area contributed by atoms with Gasteiger partial charge in [-0.3, -0.25) is 0 Å². The van der Waals surface area contributed by atoms with Crippen LogP contribution in [0.1, 0.15) is 25.7 Å². The Kier molecular flexibility index (Phi) is 7.02. The first kappa shape index (κ1) is 11.2. The molecule has 0 amide bonds. The molecule has 2 nitrogen and oxygen atoms in total. The van der Waals surface area contributed by atoms with E-state index in [-0.39, 0.29) is 12.4 Å². The zero-order valence-corrected chi connectivity index (χ0v) is 7.95. The fourth-order valence-electron chi connectivity index (χ4n) is 1.48. The van der Waals surface area contributed by atoms with E-state index >= 15 is 0 Å². The maximum absolute atomic E-state index is 4.97. The maximum atomic E-state index is 4.97. The van der Waals surface area contributed by atoms with E-state index < -0.39 is 0 Å². The molecule has 1 atom stereocenters. The molecular weight excluding hydrogens is 162 g/mol. The Morgan fingerprint density at radius 2 is 2.36 bits per heavy atom. The molecule has 0 aliphatic carbocycles. The molecule has 68 valence electrons. The second kappa shape index (κ2) is 6.89. The molecule has 0 aromatic rings. The summed E-state index contributed by atoms with van der Waals surface area (Å²) in [5.74, 6) is 0. The zero-order valence-electron chi connectivity index (χ0n) is 7.14. The van der Waals surface area contributed by atoms with E-state index in [4.69, 9.17) is 4.74 Å². The van der Waals surface area contributed by atoms with Crippen molar-refractivity contribution in [3.63, 3.8) is 0 Å². The van der Waals surface area contributed by atoms with Crippen molar-refractivity contribution >= 4 is 12.4 Å². The average molecular weight is 180 g/mol. The second-order valence-corrected chi connectivity index (χ2v) is 2.93. The summed E-state index contributed by atoms with van der Waals surface area (Å²) < 4.78 is 4.97. The van der Waals surface area contributed by atoms with Crippen LogP contribution in [0.15, 0.2) is 0 Å². The van der Waals surface area contributed by atoms with Gasteiger partial charge in [0.1, 0.15) is 0 Å². The van der Waals surface area contributed by atoms with Gasteiger partial charge in [-0.1, -0.05) is 0 Å². The van der Waals surface area contributed by atoms with Crippen LogP contribution in [0, 0.1) is 0 Å². The Hall–Kier alpha value is 0.210. The molecule has 1 saturated heterocycles. The van der Waals surface area contributed by atoms with Gasteiger partial charge in [-0.05, 0) is 32.2 Å². The number of rotatable bonds is 4. The molecule has 1 aliphatic rings. The highest BCUT2D eigenvalue weighted by Gasteiger charge is 2.12. The average Bonchev–Trinajstić information content (AvgIpc) is 2.41. The largest absolute Gasteiger partial charge is 0.385 e. The molecule has 1 fully saturated rings. The summed E-state index contributed by atoms with van der Waals surface area (Å²) in [4.78, 5) is 0. The quantitative estimate of drug-likeness (QED) is 0.662. The Bertz CT molecular complexity index is 84.2. The van der Waals surface area contributed by atoms with Crippen LogP contribution in [-0.2, 0) is 4.74 Å². The topological polar surface area (TPSA) is 21.3 Å². The van der Waals surface area contributed by atoms with Gasteiger partial charge in [0.2, 0.25) is 0 Å². The SMILES string of the molecule is COCCCC1CCCN1.Cl. The van der Waals surface area contributed by atoms with Crippen LogP contribution in [0.25, 0.3) is 0 Å². The number of hydrogen-bond acceptors (Lipinski definition) is 2. The molecule has 0 radical (unpaired) electrons. The van der Waals surface area contributed by atoms with Crippen molar-refractivity contribution in [2.45, 2.75) is 31.7 Å². The molecule has 1 N–H and O–H groups in total. The molecule has 1 unspecified atom stereocenters. The van der Waals surface area contributed by atoms with E-state index in [2.05, 4.69) is 5.32 Å². The van der Waals surface area contributed by atoms with E-state index in [9.17, 15) is 0 Å². The van der Waals surface area contributed by atoms with Gasteiger partial charge in [-0.2, -0.15) is 0 Å². The number of halogens is 1. The lowest BCUT2D eigenvalue weighted by atomic mass is 10.1. The van der Waals surface area contributed by atoms with Gasteiger partial charge in [0.15, 0.2) is 0 Å². The first-order valence-corrected chi connectivity index (χ1v) is 4.16. The molecule has 3 heteroatoms. The highest BCUT2D eigenvalue weighted by atomic mass is 35.5. The van der Waals surface area contributed by atoms with Crippen molar-refractivity contribution in [3.05, 3.63) is 0 Å². The summed E-state index contributed by atoms with van der Waals surface area (Å²) in [6.45, 7) is 2.13. The fraction of sp³-hybridized carbons (Fsp3) is 1.00. The highest BCUT2D eigenvalue weighted by molar-refractivity contribution is 5.85. The predicted molar refractivity (Wildman–Crippen MR) is 49.4 cm³/mol. The lowest BCUT2D eigenvalue weighted by Gasteiger charge is -2.07. The lowest BCUT2D eigenvalue weighted by Crippen LogP contribution is -2.21. The minimum absolute atomic E-state index is 0. The van der Waals surface area contributed by atoms with Crippen LogP contribution < -0.4 is 5.32 Å². The van der Waals surface area contributed by atoms with Gasteiger partial charge >= 0.3 is 0 Å². The summed E-state index contributed by atoms with van der Waals surface area (Å²) in [7, 11) is 1.77. The van der Waals surface area contributed by atoms with Crippen molar-refractivity contribution in [2.75, 3.05) is 20.3 Å². The molecule has 0 bridgehead atoms. The monoisotopic (exact) mass is 179 g/mol. The van der Waals surface area contributed by atoms with Gasteiger partial charge in [-0.25, -0.2) is 0 Å². The molecule has 0 aromatic heterocycles. The second-order valence-electron chi connectivity index (χ2n) is 2.93. The Morgan fingerprint density at radius 1 is 1.55 bits per heavy atom. The standard InChI is InChI=1S/C8H17NO.ClH/c1-10-7-3-5-8-4-2-6-9-8;/h8-9H,2-7H2,1H3;1H. The van der Waals surface area contributed by atoms with E-state index in [1.165, 1.54) is 32.2 Å². The normalized spacial score (nSPS) is 23.2. The lowest BCUT2D eigenvalue weighted by molar-refractivity contribution is 0.189. The van der Waals surface area contributed by atoms with Crippen LogP contribution in [-0.4, -0.2) is 26.3 Å². The third-order valence-electron chi connectivity index (χ3n) is 2.06. The smallest absolute Gasteiger partial charge is 0.0462 e. The third kappa shape index (κ3) is 4.62. The predicted octanol–water partition coefficient (Wildman–Crippen LogP) is 1.59. The maximum Gasteiger partial charge on any atom is 0.0462 e. The van der Waals surface area contributed by atoms with Crippen molar-refractivity contribution in [2.24, 2.45) is 0 Å². The van der Waals surface area contributed by atoms with E-state index in [0.717, 1.165) is 12.6 Å². The molecule has 0 spiro atoms. The number of hydrogen-bond donors (Lipinski definition) is 1. The Labute approximate surface area is 75.1 Å². The first-order chi connectivity index (χ1) is 4.93. The van der Waals surface area contributed by atoms with Crippen molar-refractivity contribution < 1.29 is 4.74 Å². The summed E-state index contributed by atoms with van der Waals surface area (Å²) in [5.41, 5.74) is 0. The first-order valence-electron chi connectivity index (χ1n) is 4.16. The Morgan fingerprint density at radius 3 is 2.91 bits per heavy atom. The van der Waals surface area contributed by atoms with Crippen molar-refractivity contribution in [1.82, 2.24) is 5.32 Å². The molecule has 0 aromatic carbocycles. The highest BCUT2D eigenvalue weighted by Crippen LogP contribution is 2.09. The summed E-state index contributed by atoms with van der Waals surface area (Å²) in [6, 6.07) is 0.787. The van der Waals surface area contributed by atoms with E-state index in [1.54, 1.807) is 7.11 Å². The zero-order chi connectivity index (χ0) is 7.23. The molecule has 1 heterocycles. The minimum atomic E-state index is 0. The summed E-state index contributed by atoms with van der Waals surface area (Å²) >= 11 is 0. The van der Waals surface area contributed by atoms with Crippen LogP contribution in [0.2, 0.25) is 0 Å². The Balaban J connectivity index is 0.000001000. The van der Waals surface area contributed by atoms with Crippen molar-refractivity contribution in [1.29, 1.82) is 0 Å². The van der Waals surface area contributed by atoms with Crippen LogP contribution in [0.5, 0.6) is 0 Å². The third-order valence-corrected chi connectivity index (χ3v) is 2.06. The van der Waals surface area contributed by atoms with Gasteiger partial charge in [0.05, 0.1) is 0 Å². The van der Waals surface area contributed by atoms with Crippen LogP contribution in [0.3, 0.4) is 0 Å². The van der Waals surface area contributed by atoms with Gasteiger partial charge in [0.25, 0.3) is 0 Å². The van der Waals surface area contributed by atoms with Crippen LogP contribution in [0.4, 0.5) is 0 Å². The molecule has 11 heavy (non-hydrogen) atoms.